The first-order valence-corrected chi connectivity index (χ1v) is 8.67. The average molecular weight is 304 g/mol. The minimum Gasteiger partial charge on any atom is -0.357 e. The summed E-state index contributed by atoms with van der Waals surface area (Å²) in [6.07, 6.45) is 2.33. The largest absolute Gasteiger partial charge is 0.357 e. The van der Waals surface area contributed by atoms with Crippen LogP contribution in [0.25, 0.3) is 10.2 Å². The molecule has 1 fully saturated rings. The molecule has 1 unspecified atom stereocenters. The summed E-state index contributed by atoms with van der Waals surface area (Å²) >= 11 is 1.79. The second kappa shape index (κ2) is 5.79. The van der Waals surface area contributed by atoms with Crippen LogP contribution in [0, 0.1) is 11.8 Å². The van der Waals surface area contributed by atoms with Crippen molar-refractivity contribution >= 4 is 33.3 Å². The zero-order chi connectivity index (χ0) is 15.0. The molecule has 3 heterocycles. The Kier molecular flexibility index (Phi) is 4.02. The van der Waals surface area contributed by atoms with Gasteiger partial charge in [-0.1, -0.05) is 20.8 Å². The number of aromatic nitrogens is 2. The van der Waals surface area contributed by atoms with Crippen LogP contribution in [-0.2, 0) is 6.42 Å². The van der Waals surface area contributed by atoms with Crippen molar-refractivity contribution in [1.82, 2.24) is 9.97 Å². The highest BCUT2D eigenvalue weighted by Gasteiger charge is 2.27. The summed E-state index contributed by atoms with van der Waals surface area (Å²) in [5.74, 6) is 3.36. The highest BCUT2D eigenvalue weighted by molar-refractivity contribution is 7.18. The molecule has 21 heavy (non-hydrogen) atoms. The van der Waals surface area contributed by atoms with E-state index in [9.17, 15) is 0 Å². The van der Waals surface area contributed by atoms with Gasteiger partial charge in [-0.3, -0.25) is 0 Å². The Bertz CT molecular complexity index is 634. The summed E-state index contributed by atoms with van der Waals surface area (Å²) in [5, 5.41) is 4.32. The SMILES string of the molecule is CCc1cc2c(N3CCC(C(C)C)C3)nc(NC)nc2s1. The minimum atomic E-state index is 0.731. The van der Waals surface area contributed by atoms with Gasteiger partial charge in [0.25, 0.3) is 0 Å². The van der Waals surface area contributed by atoms with Gasteiger partial charge in [0.1, 0.15) is 10.6 Å². The average Bonchev–Trinajstić information content (AvgIpc) is 3.12. The Morgan fingerprint density at radius 3 is 2.86 bits per heavy atom. The van der Waals surface area contributed by atoms with E-state index in [1.165, 1.54) is 16.7 Å². The van der Waals surface area contributed by atoms with Crippen molar-refractivity contribution < 1.29 is 0 Å². The standard InChI is InChI=1S/C16H24N4S/c1-5-12-8-13-14(18-16(17-4)19-15(13)21-12)20-7-6-11(9-20)10(2)3/h8,10-11H,5-7,9H2,1-4H3,(H,17,18,19). The number of rotatable bonds is 4. The van der Waals surface area contributed by atoms with Gasteiger partial charge in [0.2, 0.25) is 5.95 Å². The maximum absolute atomic E-state index is 4.75. The molecule has 114 valence electrons. The Balaban J connectivity index is 2.02. The van der Waals surface area contributed by atoms with E-state index < -0.39 is 0 Å². The van der Waals surface area contributed by atoms with Crippen molar-refractivity contribution in [1.29, 1.82) is 0 Å². The number of nitrogens with zero attached hydrogens (tertiary/aromatic N) is 3. The molecule has 1 aliphatic rings. The molecule has 0 bridgehead atoms. The molecule has 0 amide bonds. The normalized spacial score (nSPS) is 18.9. The molecule has 3 rings (SSSR count). The molecular weight excluding hydrogens is 280 g/mol. The Morgan fingerprint density at radius 2 is 2.24 bits per heavy atom. The molecule has 1 aliphatic heterocycles. The predicted molar refractivity (Wildman–Crippen MR) is 91.5 cm³/mol. The number of thiophene rings is 1. The highest BCUT2D eigenvalue weighted by atomic mass is 32.1. The molecule has 4 nitrogen and oxygen atoms in total. The minimum absolute atomic E-state index is 0.731. The summed E-state index contributed by atoms with van der Waals surface area (Å²) in [4.78, 5) is 14.3. The van der Waals surface area contributed by atoms with E-state index in [4.69, 9.17) is 4.98 Å². The van der Waals surface area contributed by atoms with Crippen molar-refractivity contribution in [2.45, 2.75) is 33.6 Å². The van der Waals surface area contributed by atoms with E-state index in [2.05, 4.69) is 42.0 Å². The second-order valence-corrected chi connectivity index (χ2v) is 7.26. The number of hydrogen-bond donors (Lipinski definition) is 1. The first-order chi connectivity index (χ1) is 10.1. The molecular formula is C16H24N4S. The molecule has 1 N–H and O–H groups in total. The van der Waals surface area contributed by atoms with Crippen LogP contribution in [0.3, 0.4) is 0 Å². The summed E-state index contributed by atoms with van der Waals surface area (Å²) in [5.41, 5.74) is 0. The predicted octanol–water partition coefficient (Wildman–Crippen LogP) is 3.78. The number of aryl methyl sites for hydroxylation is 1. The van der Waals surface area contributed by atoms with Crippen molar-refractivity contribution in [3.05, 3.63) is 10.9 Å². The Morgan fingerprint density at radius 1 is 1.43 bits per heavy atom. The lowest BCUT2D eigenvalue weighted by Gasteiger charge is -2.20. The molecule has 0 saturated carbocycles. The van der Waals surface area contributed by atoms with Gasteiger partial charge in [-0.15, -0.1) is 11.3 Å². The van der Waals surface area contributed by atoms with Crippen LogP contribution in [0.2, 0.25) is 0 Å². The summed E-state index contributed by atoms with van der Waals surface area (Å²) in [6.45, 7) is 9.06. The fraction of sp³-hybridized carbons (Fsp3) is 0.625. The summed E-state index contributed by atoms with van der Waals surface area (Å²) < 4.78 is 0. The Hall–Kier alpha value is -1.36. The van der Waals surface area contributed by atoms with Gasteiger partial charge in [0.05, 0.1) is 5.39 Å². The van der Waals surface area contributed by atoms with Crippen molar-refractivity contribution in [3.8, 4) is 0 Å². The van der Waals surface area contributed by atoms with Crippen LogP contribution in [0.5, 0.6) is 0 Å². The van der Waals surface area contributed by atoms with Gasteiger partial charge in [-0.2, -0.15) is 4.98 Å². The lowest BCUT2D eigenvalue weighted by Crippen LogP contribution is -2.22. The first-order valence-electron chi connectivity index (χ1n) is 7.85. The number of anilines is 2. The number of fused-ring (bicyclic) bond motifs is 1. The van der Waals surface area contributed by atoms with Gasteiger partial charge >= 0.3 is 0 Å². The zero-order valence-electron chi connectivity index (χ0n) is 13.3. The third-order valence-electron chi connectivity index (χ3n) is 4.46. The van der Waals surface area contributed by atoms with E-state index >= 15 is 0 Å². The lowest BCUT2D eigenvalue weighted by atomic mass is 9.95. The first kappa shape index (κ1) is 14.6. The smallest absolute Gasteiger partial charge is 0.225 e. The topological polar surface area (TPSA) is 41.1 Å². The monoisotopic (exact) mass is 304 g/mol. The zero-order valence-corrected chi connectivity index (χ0v) is 14.1. The van der Waals surface area contributed by atoms with Gasteiger partial charge in [-0.25, -0.2) is 4.98 Å². The van der Waals surface area contributed by atoms with Crippen molar-refractivity contribution in [2.24, 2.45) is 11.8 Å². The van der Waals surface area contributed by atoms with Gasteiger partial charge in [0.15, 0.2) is 0 Å². The molecule has 0 spiro atoms. The van der Waals surface area contributed by atoms with E-state index in [1.807, 2.05) is 7.05 Å². The summed E-state index contributed by atoms with van der Waals surface area (Å²) in [7, 11) is 1.89. The molecule has 0 radical (unpaired) electrons. The molecule has 0 aromatic carbocycles. The van der Waals surface area contributed by atoms with Crippen LogP contribution in [-0.4, -0.2) is 30.1 Å². The van der Waals surface area contributed by atoms with E-state index in [-0.39, 0.29) is 0 Å². The highest BCUT2D eigenvalue weighted by Crippen LogP contribution is 2.35. The second-order valence-electron chi connectivity index (χ2n) is 6.14. The van der Waals surface area contributed by atoms with Crippen LogP contribution in [0.15, 0.2) is 6.07 Å². The number of nitrogens with one attached hydrogen (secondary N) is 1. The van der Waals surface area contributed by atoms with Crippen molar-refractivity contribution in [2.75, 3.05) is 30.4 Å². The maximum Gasteiger partial charge on any atom is 0.225 e. The fourth-order valence-electron chi connectivity index (χ4n) is 3.01. The third kappa shape index (κ3) is 2.71. The lowest BCUT2D eigenvalue weighted by molar-refractivity contribution is 0.422. The van der Waals surface area contributed by atoms with Crippen LogP contribution >= 0.6 is 11.3 Å². The van der Waals surface area contributed by atoms with Crippen LogP contribution in [0.1, 0.15) is 32.1 Å². The number of hydrogen-bond acceptors (Lipinski definition) is 5. The quantitative estimate of drug-likeness (QED) is 0.933. The summed E-state index contributed by atoms with van der Waals surface area (Å²) in [6, 6.07) is 2.28. The fourth-order valence-corrected chi connectivity index (χ4v) is 3.97. The molecule has 2 aromatic heterocycles. The molecule has 1 atom stereocenters. The Labute approximate surface area is 130 Å². The van der Waals surface area contributed by atoms with Gasteiger partial charge < -0.3 is 10.2 Å². The van der Waals surface area contributed by atoms with Crippen molar-refractivity contribution in [3.63, 3.8) is 0 Å². The van der Waals surface area contributed by atoms with E-state index in [1.54, 1.807) is 11.3 Å². The van der Waals surface area contributed by atoms with Gasteiger partial charge in [0, 0.05) is 25.0 Å². The van der Waals surface area contributed by atoms with Crippen LogP contribution in [0.4, 0.5) is 11.8 Å². The molecule has 1 saturated heterocycles. The van der Waals surface area contributed by atoms with Crippen LogP contribution < -0.4 is 10.2 Å². The third-order valence-corrected chi connectivity index (χ3v) is 5.64. The molecule has 0 aliphatic carbocycles. The van der Waals surface area contributed by atoms with E-state index in [0.717, 1.165) is 47.9 Å². The maximum atomic E-state index is 4.75. The van der Waals surface area contributed by atoms with Gasteiger partial charge in [-0.05, 0) is 30.7 Å². The molecule has 5 heteroatoms. The molecule has 2 aromatic rings. The van der Waals surface area contributed by atoms with E-state index in [0.29, 0.717) is 0 Å².